The molecule has 2 aromatic rings. The highest BCUT2D eigenvalue weighted by Gasteiger charge is 2.28. The molecule has 6 nitrogen and oxygen atoms in total. The molecule has 25 heavy (non-hydrogen) atoms. The van der Waals surface area contributed by atoms with Crippen molar-refractivity contribution in [2.45, 2.75) is 46.1 Å². The molecule has 1 fully saturated rings. The number of para-hydroxylation sites is 2. The fourth-order valence-electron chi connectivity index (χ4n) is 3.46. The van der Waals surface area contributed by atoms with Crippen LogP contribution in [0.15, 0.2) is 24.3 Å². The average molecular weight is 342 g/mol. The van der Waals surface area contributed by atoms with E-state index >= 15 is 0 Å². The van der Waals surface area contributed by atoms with E-state index in [1.54, 1.807) is 11.8 Å². The van der Waals surface area contributed by atoms with Gasteiger partial charge in [-0.1, -0.05) is 12.1 Å². The van der Waals surface area contributed by atoms with Crippen LogP contribution in [0.1, 0.15) is 40.5 Å². The molecule has 0 saturated carbocycles. The highest BCUT2D eigenvalue weighted by Crippen LogP contribution is 2.29. The maximum atomic E-state index is 12.7. The van der Waals surface area contributed by atoms with Crippen LogP contribution in [0, 0.1) is 5.92 Å². The molecule has 134 valence electrons. The zero-order valence-electron chi connectivity index (χ0n) is 15.4. The molecular formula is C19H26N4O2. The summed E-state index contributed by atoms with van der Waals surface area (Å²) in [6.45, 7) is 9.16. The Kier molecular flexibility index (Phi) is 4.54. The molecule has 0 aliphatic carbocycles. The van der Waals surface area contributed by atoms with Crippen LogP contribution >= 0.6 is 0 Å². The Morgan fingerprint density at radius 2 is 1.80 bits per heavy atom. The second-order valence-electron chi connectivity index (χ2n) is 7.70. The van der Waals surface area contributed by atoms with Crippen LogP contribution in [-0.4, -0.2) is 39.4 Å². The minimum absolute atomic E-state index is 0.0102. The lowest BCUT2D eigenvalue weighted by Crippen LogP contribution is -2.40. The van der Waals surface area contributed by atoms with Crippen molar-refractivity contribution >= 4 is 28.8 Å². The van der Waals surface area contributed by atoms with Crippen molar-refractivity contribution in [1.82, 2.24) is 14.5 Å². The summed E-state index contributed by atoms with van der Waals surface area (Å²) in [7, 11) is 0. The molecule has 1 aliphatic rings. The number of nitrogens with zero attached hydrogens (tertiary/aromatic N) is 3. The summed E-state index contributed by atoms with van der Waals surface area (Å²) in [6.07, 6.45) is 1.39. The molecule has 2 heterocycles. The van der Waals surface area contributed by atoms with Crippen molar-refractivity contribution in [2.24, 2.45) is 5.92 Å². The van der Waals surface area contributed by atoms with Crippen LogP contribution < -0.4 is 5.32 Å². The fraction of sp³-hybridized carbons (Fsp3) is 0.526. The van der Waals surface area contributed by atoms with E-state index in [0.29, 0.717) is 31.9 Å². The smallest absolute Gasteiger partial charge is 0.229 e. The summed E-state index contributed by atoms with van der Waals surface area (Å²) in [5.74, 6) is 0.578. The number of hydrogen-bond acceptors (Lipinski definition) is 3. The van der Waals surface area contributed by atoms with E-state index in [9.17, 15) is 9.59 Å². The molecule has 1 aromatic heterocycles. The minimum atomic E-state index is -0.198. The first-order valence-corrected chi connectivity index (χ1v) is 8.81. The van der Waals surface area contributed by atoms with E-state index in [0.717, 1.165) is 11.0 Å². The van der Waals surface area contributed by atoms with Crippen LogP contribution in [0.3, 0.4) is 0 Å². The molecule has 0 atom stereocenters. The van der Waals surface area contributed by atoms with Gasteiger partial charge in [-0.3, -0.25) is 14.9 Å². The van der Waals surface area contributed by atoms with Crippen LogP contribution in [0.25, 0.3) is 11.0 Å². The van der Waals surface area contributed by atoms with Gasteiger partial charge in [-0.2, -0.15) is 0 Å². The molecule has 1 saturated heterocycles. The normalized spacial score (nSPS) is 16.2. The quantitative estimate of drug-likeness (QED) is 0.912. The monoisotopic (exact) mass is 342 g/mol. The van der Waals surface area contributed by atoms with Gasteiger partial charge in [-0.25, -0.2) is 4.98 Å². The van der Waals surface area contributed by atoms with Crippen LogP contribution in [0.2, 0.25) is 0 Å². The number of imidazole rings is 1. The number of carbonyl (C=O) groups excluding carboxylic acids is 2. The second-order valence-corrected chi connectivity index (χ2v) is 7.70. The van der Waals surface area contributed by atoms with E-state index in [2.05, 4.69) is 35.6 Å². The summed E-state index contributed by atoms with van der Waals surface area (Å²) >= 11 is 0. The number of likely N-dealkylation sites (tertiary alicyclic amines) is 1. The van der Waals surface area contributed by atoms with Crippen molar-refractivity contribution in [3.63, 3.8) is 0 Å². The maximum absolute atomic E-state index is 12.7. The van der Waals surface area contributed by atoms with E-state index in [4.69, 9.17) is 0 Å². The van der Waals surface area contributed by atoms with E-state index in [1.165, 1.54) is 0 Å². The largest absolute Gasteiger partial charge is 0.343 e. The Hall–Kier alpha value is -2.37. The lowest BCUT2D eigenvalue weighted by atomic mass is 9.96. The number of piperidine rings is 1. The molecule has 6 heteroatoms. The number of rotatable bonds is 2. The lowest BCUT2D eigenvalue weighted by molar-refractivity contribution is -0.132. The van der Waals surface area contributed by atoms with E-state index in [-0.39, 0.29) is 23.3 Å². The molecule has 3 rings (SSSR count). The molecule has 0 bridgehead atoms. The molecule has 1 aliphatic heterocycles. The van der Waals surface area contributed by atoms with Crippen LogP contribution in [0.5, 0.6) is 0 Å². The maximum Gasteiger partial charge on any atom is 0.229 e. The van der Waals surface area contributed by atoms with Gasteiger partial charge in [0, 0.05) is 31.5 Å². The first-order chi connectivity index (χ1) is 11.8. The first kappa shape index (κ1) is 17.5. The highest BCUT2D eigenvalue weighted by molar-refractivity contribution is 5.93. The van der Waals surface area contributed by atoms with Crippen molar-refractivity contribution in [3.8, 4) is 0 Å². The SMILES string of the molecule is CC(=O)N1CCC(C(=O)Nc2nc3ccccc3n2C(C)(C)C)CC1. The van der Waals surface area contributed by atoms with Gasteiger partial charge < -0.3 is 9.47 Å². The van der Waals surface area contributed by atoms with Gasteiger partial charge in [0.1, 0.15) is 0 Å². The fourth-order valence-corrected chi connectivity index (χ4v) is 3.46. The third-order valence-electron chi connectivity index (χ3n) is 4.78. The molecule has 1 N–H and O–H groups in total. The number of fused-ring (bicyclic) bond motifs is 1. The average Bonchev–Trinajstić information content (AvgIpc) is 2.92. The molecule has 0 radical (unpaired) electrons. The molecule has 0 spiro atoms. The van der Waals surface area contributed by atoms with Gasteiger partial charge in [0.15, 0.2) is 0 Å². The Labute approximate surface area is 148 Å². The summed E-state index contributed by atoms with van der Waals surface area (Å²) in [6, 6.07) is 7.91. The molecular weight excluding hydrogens is 316 g/mol. The number of nitrogens with one attached hydrogen (secondary N) is 1. The number of aromatic nitrogens is 2. The van der Waals surface area contributed by atoms with Gasteiger partial charge in [-0.05, 0) is 45.7 Å². The van der Waals surface area contributed by atoms with Gasteiger partial charge in [0.25, 0.3) is 0 Å². The van der Waals surface area contributed by atoms with Crippen LogP contribution in [-0.2, 0) is 15.1 Å². The third kappa shape index (κ3) is 3.52. The van der Waals surface area contributed by atoms with Crippen molar-refractivity contribution < 1.29 is 9.59 Å². The molecule has 1 aromatic carbocycles. The molecule has 2 amide bonds. The summed E-state index contributed by atoms with van der Waals surface area (Å²) < 4.78 is 2.07. The standard InChI is InChI=1S/C19H26N4O2/c1-13(24)22-11-9-14(10-12-22)17(25)21-18-20-15-7-5-6-8-16(15)23(18)19(2,3)4/h5-8,14H,9-12H2,1-4H3,(H,20,21,25). The number of hydrogen-bond donors (Lipinski definition) is 1. The van der Waals surface area contributed by atoms with Crippen LogP contribution in [0.4, 0.5) is 5.95 Å². The van der Waals surface area contributed by atoms with Gasteiger partial charge in [0.2, 0.25) is 17.8 Å². The van der Waals surface area contributed by atoms with Crippen molar-refractivity contribution in [2.75, 3.05) is 18.4 Å². The molecule has 0 unspecified atom stereocenters. The van der Waals surface area contributed by atoms with Crippen molar-refractivity contribution in [3.05, 3.63) is 24.3 Å². The zero-order chi connectivity index (χ0) is 18.2. The van der Waals surface area contributed by atoms with Gasteiger partial charge in [-0.15, -0.1) is 0 Å². The Morgan fingerprint density at radius 1 is 1.16 bits per heavy atom. The summed E-state index contributed by atoms with van der Waals surface area (Å²) in [5, 5.41) is 3.03. The van der Waals surface area contributed by atoms with Gasteiger partial charge in [0.05, 0.1) is 11.0 Å². The first-order valence-electron chi connectivity index (χ1n) is 8.81. The van der Waals surface area contributed by atoms with E-state index in [1.807, 2.05) is 24.3 Å². The number of benzene rings is 1. The topological polar surface area (TPSA) is 67.2 Å². The lowest BCUT2D eigenvalue weighted by Gasteiger charge is -2.31. The van der Waals surface area contributed by atoms with E-state index < -0.39 is 0 Å². The zero-order valence-corrected chi connectivity index (χ0v) is 15.4. The summed E-state index contributed by atoms with van der Waals surface area (Å²) in [5.41, 5.74) is 1.69. The number of anilines is 1. The summed E-state index contributed by atoms with van der Waals surface area (Å²) in [4.78, 5) is 30.6. The predicted octanol–water partition coefficient (Wildman–Crippen LogP) is 2.99. The number of amides is 2. The van der Waals surface area contributed by atoms with Gasteiger partial charge >= 0.3 is 0 Å². The highest BCUT2D eigenvalue weighted by atomic mass is 16.2. The number of carbonyl (C=O) groups is 2. The Bertz CT molecular complexity index is 795. The minimum Gasteiger partial charge on any atom is -0.343 e. The van der Waals surface area contributed by atoms with Crippen molar-refractivity contribution in [1.29, 1.82) is 0 Å². The predicted molar refractivity (Wildman–Crippen MR) is 98.3 cm³/mol. The Morgan fingerprint density at radius 3 is 2.40 bits per heavy atom. The third-order valence-corrected chi connectivity index (χ3v) is 4.78. The second kappa shape index (κ2) is 6.50. The Balaban J connectivity index is 1.81.